The van der Waals surface area contributed by atoms with Crippen molar-refractivity contribution in [2.75, 3.05) is 12.3 Å². The summed E-state index contributed by atoms with van der Waals surface area (Å²) >= 11 is 2.18. The van der Waals surface area contributed by atoms with E-state index in [1.54, 1.807) is 13.0 Å². The first kappa shape index (κ1) is 14.6. The normalized spacial score (nSPS) is 10.1. The predicted octanol–water partition coefficient (Wildman–Crippen LogP) is 3.24. The lowest BCUT2D eigenvalue weighted by Gasteiger charge is -2.10. The van der Waals surface area contributed by atoms with Crippen LogP contribution >= 0.6 is 22.6 Å². The molecule has 2 N–H and O–H groups in total. The van der Waals surface area contributed by atoms with Gasteiger partial charge in [-0.2, -0.15) is 0 Å². The number of carbonyl (C=O) groups is 1. The van der Waals surface area contributed by atoms with E-state index >= 15 is 0 Å². The Bertz CT molecular complexity index is 632. The molecule has 0 bridgehead atoms. The number of benzene rings is 1. The molecule has 0 spiro atoms. The van der Waals surface area contributed by atoms with Crippen LogP contribution in [0, 0.1) is 3.57 Å². The van der Waals surface area contributed by atoms with Crippen LogP contribution < -0.4 is 10.5 Å². The molecule has 0 fully saturated rings. The molecule has 6 heteroatoms. The van der Waals surface area contributed by atoms with Crippen LogP contribution in [0.3, 0.4) is 0 Å². The van der Waals surface area contributed by atoms with Crippen molar-refractivity contribution >= 4 is 34.2 Å². The van der Waals surface area contributed by atoms with Gasteiger partial charge in [0.2, 0.25) is 5.88 Å². The summed E-state index contributed by atoms with van der Waals surface area (Å²) in [5.74, 6) is 0.271. The highest BCUT2D eigenvalue weighted by molar-refractivity contribution is 14.1. The molecular weight excluding hydrogens is 371 g/mol. The zero-order chi connectivity index (χ0) is 14.5. The van der Waals surface area contributed by atoms with Crippen molar-refractivity contribution in [3.63, 3.8) is 0 Å². The maximum Gasteiger partial charge on any atom is 0.343 e. The molecule has 0 atom stereocenters. The van der Waals surface area contributed by atoms with Crippen LogP contribution in [0.4, 0.5) is 5.69 Å². The molecule has 5 nitrogen and oxygen atoms in total. The standard InChI is InChI=1S/C14H13IN2O3/c1-2-19-14(18)12-7-10(16)8-17-13(12)20-11-5-3-4-9(15)6-11/h3-8H,2,16H2,1H3. The van der Waals surface area contributed by atoms with Crippen molar-refractivity contribution in [3.05, 3.63) is 45.7 Å². The summed E-state index contributed by atoms with van der Waals surface area (Å²) in [6, 6.07) is 8.92. The number of hydrogen-bond donors (Lipinski definition) is 1. The minimum Gasteiger partial charge on any atom is -0.462 e. The number of nitrogens with two attached hydrogens (primary N) is 1. The molecule has 0 aliphatic carbocycles. The van der Waals surface area contributed by atoms with E-state index in [0.717, 1.165) is 3.57 Å². The van der Waals surface area contributed by atoms with E-state index in [0.29, 0.717) is 11.4 Å². The zero-order valence-corrected chi connectivity index (χ0v) is 13.0. The van der Waals surface area contributed by atoms with Gasteiger partial charge in [-0.3, -0.25) is 0 Å². The van der Waals surface area contributed by atoms with Gasteiger partial charge in [0.1, 0.15) is 11.3 Å². The van der Waals surface area contributed by atoms with E-state index in [-0.39, 0.29) is 18.1 Å². The predicted molar refractivity (Wildman–Crippen MR) is 83.8 cm³/mol. The highest BCUT2D eigenvalue weighted by Gasteiger charge is 2.16. The lowest BCUT2D eigenvalue weighted by molar-refractivity contribution is 0.0523. The molecule has 0 amide bonds. The fourth-order valence-electron chi connectivity index (χ4n) is 1.55. The average molecular weight is 384 g/mol. The second-order valence-corrected chi connectivity index (χ2v) is 5.15. The van der Waals surface area contributed by atoms with E-state index in [9.17, 15) is 4.79 Å². The first-order valence-corrected chi connectivity index (χ1v) is 7.04. The number of nitrogen functional groups attached to an aromatic ring is 1. The van der Waals surface area contributed by atoms with E-state index in [2.05, 4.69) is 27.6 Å². The van der Waals surface area contributed by atoms with Crippen molar-refractivity contribution in [1.29, 1.82) is 0 Å². The molecule has 20 heavy (non-hydrogen) atoms. The van der Waals surface area contributed by atoms with Crippen LogP contribution in [0.1, 0.15) is 17.3 Å². The monoisotopic (exact) mass is 384 g/mol. The Morgan fingerprint density at radius 3 is 2.90 bits per heavy atom. The fourth-order valence-corrected chi connectivity index (χ4v) is 2.06. The van der Waals surface area contributed by atoms with Crippen molar-refractivity contribution in [2.24, 2.45) is 0 Å². The van der Waals surface area contributed by atoms with Gasteiger partial charge in [-0.15, -0.1) is 0 Å². The highest BCUT2D eigenvalue weighted by atomic mass is 127. The third-order valence-corrected chi connectivity index (χ3v) is 3.05. The smallest absolute Gasteiger partial charge is 0.343 e. The summed E-state index contributed by atoms with van der Waals surface area (Å²) in [6.45, 7) is 2.01. The van der Waals surface area contributed by atoms with Gasteiger partial charge in [-0.25, -0.2) is 9.78 Å². The van der Waals surface area contributed by atoms with Crippen LogP contribution in [-0.4, -0.2) is 17.6 Å². The number of pyridine rings is 1. The largest absolute Gasteiger partial charge is 0.462 e. The third-order valence-electron chi connectivity index (χ3n) is 2.38. The summed E-state index contributed by atoms with van der Waals surface area (Å²) in [5, 5.41) is 0. The molecule has 0 saturated heterocycles. The Morgan fingerprint density at radius 1 is 1.40 bits per heavy atom. The SMILES string of the molecule is CCOC(=O)c1cc(N)cnc1Oc1cccc(I)c1. The zero-order valence-electron chi connectivity index (χ0n) is 10.8. The number of rotatable bonds is 4. The van der Waals surface area contributed by atoms with Gasteiger partial charge in [0.05, 0.1) is 18.5 Å². The number of esters is 1. The number of ether oxygens (including phenoxy) is 2. The minimum atomic E-state index is -0.507. The highest BCUT2D eigenvalue weighted by Crippen LogP contribution is 2.26. The van der Waals surface area contributed by atoms with Gasteiger partial charge >= 0.3 is 5.97 Å². The van der Waals surface area contributed by atoms with E-state index in [4.69, 9.17) is 15.2 Å². The lowest BCUT2D eigenvalue weighted by atomic mass is 10.2. The van der Waals surface area contributed by atoms with Crippen LogP contribution in [0.25, 0.3) is 0 Å². The van der Waals surface area contributed by atoms with Gasteiger partial charge in [0.25, 0.3) is 0 Å². The van der Waals surface area contributed by atoms with Crippen molar-refractivity contribution in [1.82, 2.24) is 4.98 Å². The molecule has 1 aromatic carbocycles. The first-order chi connectivity index (χ1) is 9.60. The number of anilines is 1. The molecule has 0 unspecified atom stereocenters. The van der Waals surface area contributed by atoms with E-state index in [1.165, 1.54) is 12.3 Å². The van der Waals surface area contributed by atoms with E-state index < -0.39 is 5.97 Å². The van der Waals surface area contributed by atoms with Gasteiger partial charge in [0, 0.05) is 3.57 Å². The lowest BCUT2D eigenvalue weighted by Crippen LogP contribution is -2.08. The first-order valence-electron chi connectivity index (χ1n) is 5.96. The summed E-state index contributed by atoms with van der Waals surface area (Å²) in [6.07, 6.45) is 1.44. The molecule has 104 valence electrons. The number of halogens is 1. The molecule has 1 aromatic heterocycles. The number of nitrogens with zero attached hydrogens (tertiary/aromatic N) is 1. The summed E-state index contributed by atoms with van der Waals surface area (Å²) < 4.78 is 11.6. The third kappa shape index (κ3) is 3.60. The molecule has 0 saturated carbocycles. The molecule has 0 aliphatic rings. The molecule has 0 aliphatic heterocycles. The van der Waals surface area contributed by atoms with Crippen molar-refractivity contribution in [2.45, 2.75) is 6.92 Å². The van der Waals surface area contributed by atoms with Gasteiger partial charge in [-0.1, -0.05) is 6.07 Å². The molecule has 1 heterocycles. The maximum atomic E-state index is 11.9. The van der Waals surface area contributed by atoms with E-state index in [1.807, 2.05) is 18.2 Å². The molecule has 0 radical (unpaired) electrons. The van der Waals surface area contributed by atoms with Crippen molar-refractivity contribution in [3.8, 4) is 11.6 Å². The Labute approximate surface area is 130 Å². The Morgan fingerprint density at radius 2 is 2.20 bits per heavy atom. The van der Waals surface area contributed by atoms with Crippen LogP contribution in [0.15, 0.2) is 36.5 Å². The molecular formula is C14H13IN2O3. The van der Waals surface area contributed by atoms with Crippen LogP contribution in [0.2, 0.25) is 0 Å². The van der Waals surface area contributed by atoms with Gasteiger partial charge in [0.15, 0.2) is 0 Å². The molecule has 2 rings (SSSR count). The number of aromatic nitrogens is 1. The maximum absolute atomic E-state index is 11.9. The molecule has 2 aromatic rings. The second-order valence-electron chi connectivity index (χ2n) is 3.90. The topological polar surface area (TPSA) is 74.4 Å². The summed E-state index contributed by atoms with van der Waals surface area (Å²) in [7, 11) is 0. The van der Waals surface area contributed by atoms with Gasteiger partial charge in [-0.05, 0) is 53.8 Å². The Balaban J connectivity index is 2.33. The second kappa shape index (κ2) is 6.56. The van der Waals surface area contributed by atoms with Crippen LogP contribution in [-0.2, 0) is 4.74 Å². The quantitative estimate of drug-likeness (QED) is 0.647. The Kier molecular flexibility index (Phi) is 4.78. The van der Waals surface area contributed by atoms with Gasteiger partial charge < -0.3 is 15.2 Å². The summed E-state index contributed by atoms with van der Waals surface area (Å²) in [4.78, 5) is 15.9. The van der Waals surface area contributed by atoms with Crippen LogP contribution in [0.5, 0.6) is 11.6 Å². The van der Waals surface area contributed by atoms with Crippen molar-refractivity contribution < 1.29 is 14.3 Å². The minimum absolute atomic E-state index is 0.180. The number of hydrogen-bond acceptors (Lipinski definition) is 5. The Hall–Kier alpha value is -1.83. The fraction of sp³-hybridized carbons (Fsp3) is 0.143. The number of carbonyl (C=O) groups excluding carboxylic acids is 1. The average Bonchev–Trinajstić information content (AvgIpc) is 2.41. The summed E-state index contributed by atoms with van der Waals surface area (Å²) in [5.41, 5.74) is 6.24.